The molecule has 0 spiro atoms. The van der Waals surface area contributed by atoms with Gasteiger partial charge in [-0.15, -0.1) is 0 Å². The lowest BCUT2D eigenvalue weighted by molar-refractivity contribution is -0.134. The summed E-state index contributed by atoms with van der Waals surface area (Å²) in [6, 6.07) is 4.12. The maximum Gasteiger partial charge on any atom is 0.231 e. The molecule has 1 aliphatic rings. The lowest BCUT2D eigenvalue weighted by atomic mass is 9.65. The molecule has 2 rings (SSSR count). The van der Waals surface area contributed by atoms with Crippen LogP contribution >= 0.6 is 0 Å². The number of fused-ring (bicyclic) bond motifs is 1. The largest absolute Gasteiger partial charge is 0.489 e. The van der Waals surface area contributed by atoms with Crippen molar-refractivity contribution in [1.82, 2.24) is 0 Å². The molecule has 0 unspecified atom stereocenters. The normalized spacial score (nSPS) is 13.3. The highest BCUT2D eigenvalue weighted by atomic mass is 16.7. The lowest BCUT2D eigenvalue weighted by Gasteiger charge is -2.38. The first-order valence-corrected chi connectivity index (χ1v) is 11.7. The molecule has 1 aromatic carbocycles. The Hall–Kier alpha value is -1.95. The SMILES string of the molecule is COCCCOc1cc(CCCCCCC(C(N)=O)(C(C)C)C(C)C)cc2c1OCO2. The van der Waals surface area contributed by atoms with Crippen LogP contribution in [0.4, 0.5) is 0 Å². The summed E-state index contributed by atoms with van der Waals surface area (Å²) in [5.74, 6) is 2.56. The number of amides is 1. The average Bonchev–Trinajstić information content (AvgIpc) is 3.18. The fraction of sp³-hybridized carbons (Fsp3) is 0.720. The van der Waals surface area contributed by atoms with Crippen LogP contribution in [0.5, 0.6) is 17.2 Å². The van der Waals surface area contributed by atoms with Crippen LogP contribution in [0.15, 0.2) is 12.1 Å². The molecular formula is C25H41NO5. The number of methoxy groups -OCH3 is 1. The Labute approximate surface area is 187 Å². The second-order valence-corrected chi connectivity index (χ2v) is 9.15. The zero-order valence-electron chi connectivity index (χ0n) is 20.0. The predicted molar refractivity (Wildman–Crippen MR) is 123 cm³/mol. The number of hydrogen-bond acceptors (Lipinski definition) is 5. The van der Waals surface area contributed by atoms with Crippen LogP contribution in [-0.2, 0) is 16.0 Å². The number of nitrogens with two attached hydrogens (primary N) is 1. The molecule has 1 amide bonds. The maximum atomic E-state index is 12.2. The number of carbonyl (C=O) groups is 1. The molecular weight excluding hydrogens is 394 g/mol. The monoisotopic (exact) mass is 435 g/mol. The molecule has 1 aliphatic heterocycles. The summed E-state index contributed by atoms with van der Waals surface area (Å²) in [6.07, 6.45) is 6.96. The molecule has 31 heavy (non-hydrogen) atoms. The number of benzene rings is 1. The van der Waals surface area contributed by atoms with E-state index in [4.69, 9.17) is 24.7 Å². The van der Waals surface area contributed by atoms with Crippen molar-refractivity contribution < 1.29 is 23.7 Å². The highest BCUT2D eigenvalue weighted by Crippen LogP contribution is 2.43. The summed E-state index contributed by atoms with van der Waals surface area (Å²) in [6.45, 7) is 9.93. The molecule has 0 radical (unpaired) electrons. The quantitative estimate of drug-likeness (QED) is 0.387. The fourth-order valence-corrected chi connectivity index (χ4v) is 4.71. The van der Waals surface area contributed by atoms with E-state index in [1.807, 2.05) is 0 Å². The minimum Gasteiger partial charge on any atom is -0.489 e. The van der Waals surface area contributed by atoms with Crippen molar-refractivity contribution >= 4 is 5.91 Å². The number of aryl methyl sites for hydroxylation is 1. The Morgan fingerprint density at radius 1 is 1.03 bits per heavy atom. The number of primary amides is 1. The van der Waals surface area contributed by atoms with Crippen LogP contribution in [0.2, 0.25) is 0 Å². The van der Waals surface area contributed by atoms with Gasteiger partial charge in [0.15, 0.2) is 11.5 Å². The molecule has 0 bridgehead atoms. The Morgan fingerprint density at radius 2 is 1.74 bits per heavy atom. The van der Waals surface area contributed by atoms with E-state index in [0.717, 1.165) is 56.4 Å². The molecule has 6 heteroatoms. The van der Waals surface area contributed by atoms with E-state index in [9.17, 15) is 4.79 Å². The van der Waals surface area contributed by atoms with E-state index in [-0.39, 0.29) is 24.5 Å². The Kier molecular flexibility index (Phi) is 9.94. The maximum absolute atomic E-state index is 12.2. The molecule has 2 N–H and O–H groups in total. The standard InChI is InChI=1S/C25H41NO5/c1-18(2)25(19(3)4,24(26)27)12-9-7-6-8-11-20-15-21(29-14-10-13-28-5)23-22(16-20)30-17-31-23/h15-16,18-19H,6-14,17H2,1-5H3,(H2,26,27). The molecule has 0 saturated carbocycles. The Balaban J connectivity index is 1.84. The zero-order chi connectivity index (χ0) is 22.9. The van der Waals surface area contributed by atoms with Gasteiger partial charge < -0.3 is 24.7 Å². The minimum atomic E-state index is -0.410. The second-order valence-electron chi connectivity index (χ2n) is 9.15. The highest BCUT2D eigenvalue weighted by Gasteiger charge is 2.42. The second kappa shape index (κ2) is 12.2. The van der Waals surface area contributed by atoms with Crippen LogP contribution < -0.4 is 19.9 Å². The first-order chi connectivity index (χ1) is 14.8. The van der Waals surface area contributed by atoms with Crippen molar-refractivity contribution in [3.05, 3.63) is 17.7 Å². The predicted octanol–water partition coefficient (Wildman–Crippen LogP) is 5.11. The number of carbonyl (C=O) groups excluding carboxylic acids is 1. The van der Waals surface area contributed by atoms with Crippen molar-refractivity contribution in [1.29, 1.82) is 0 Å². The minimum absolute atomic E-state index is 0.157. The first kappa shape index (κ1) is 25.3. The Bertz CT molecular complexity index is 693. The fourth-order valence-electron chi connectivity index (χ4n) is 4.71. The molecule has 176 valence electrons. The third kappa shape index (κ3) is 6.52. The number of rotatable bonds is 15. The third-order valence-corrected chi connectivity index (χ3v) is 6.57. The average molecular weight is 436 g/mol. The summed E-state index contributed by atoms with van der Waals surface area (Å²) < 4.78 is 22.2. The number of hydrogen-bond donors (Lipinski definition) is 1. The van der Waals surface area contributed by atoms with Gasteiger partial charge in [-0.2, -0.15) is 0 Å². The van der Waals surface area contributed by atoms with Gasteiger partial charge in [-0.25, -0.2) is 0 Å². The van der Waals surface area contributed by atoms with Crippen molar-refractivity contribution in [3.8, 4) is 17.2 Å². The van der Waals surface area contributed by atoms with Crippen LogP contribution in [0.3, 0.4) is 0 Å². The van der Waals surface area contributed by atoms with E-state index >= 15 is 0 Å². The van der Waals surface area contributed by atoms with Gasteiger partial charge in [-0.1, -0.05) is 47.0 Å². The van der Waals surface area contributed by atoms with Crippen molar-refractivity contribution in [3.63, 3.8) is 0 Å². The summed E-state index contributed by atoms with van der Waals surface area (Å²) in [5.41, 5.74) is 6.61. The highest BCUT2D eigenvalue weighted by molar-refractivity contribution is 5.81. The summed E-state index contributed by atoms with van der Waals surface area (Å²) in [7, 11) is 1.69. The van der Waals surface area contributed by atoms with Gasteiger partial charge in [0.25, 0.3) is 0 Å². The van der Waals surface area contributed by atoms with Crippen molar-refractivity contribution in [2.75, 3.05) is 27.1 Å². The van der Waals surface area contributed by atoms with Crippen LogP contribution in [-0.4, -0.2) is 33.0 Å². The molecule has 1 heterocycles. The molecule has 6 nitrogen and oxygen atoms in total. The zero-order valence-corrected chi connectivity index (χ0v) is 20.0. The smallest absolute Gasteiger partial charge is 0.231 e. The molecule has 0 aliphatic carbocycles. The van der Waals surface area contributed by atoms with E-state index < -0.39 is 5.41 Å². The van der Waals surface area contributed by atoms with Gasteiger partial charge in [0, 0.05) is 20.1 Å². The number of unbranched alkanes of at least 4 members (excludes halogenated alkanes) is 3. The molecule has 0 atom stereocenters. The van der Waals surface area contributed by atoms with Crippen LogP contribution in [0.1, 0.15) is 71.8 Å². The van der Waals surface area contributed by atoms with Gasteiger partial charge in [-0.3, -0.25) is 4.79 Å². The number of ether oxygens (including phenoxy) is 4. The van der Waals surface area contributed by atoms with E-state index in [1.54, 1.807) is 7.11 Å². The molecule has 0 fully saturated rings. The molecule has 0 saturated heterocycles. The van der Waals surface area contributed by atoms with E-state index in [1.165, 1.54) is 5.56 Å². The van der Waals surface area contributed by atoms with Gasteiger partial charge in [0.05, 0.1) is 12.0 Å². The first-order valence-electron chi connectivity index (χ1n) is 11.7. The van der Waals surface area contributed by atoms with Crippen molar-refractivity contribution in [2.45, 2.75) is 72.6 Å². The van der Waals surface area contributed by atoms with Crippen LogP contribution in [0, 0.1) is 17.3 Å². The topological polar surface area (TPSA) is 80.0 Å². The van der Waals surface area contributed by atoms with Gasteiger partial charge in [-0.05, 0) is 48.8 Å². The molecule has 1 aromatic rings. The van der Waals surface area contributed by atoms with Gasteiger partial charge in [0.2, 0.25) is 18.4 Å². The lowest BCUT2D eigenvalue weighted by Crippen LogP contribution is -2.45. The van der Waals surface area contributed by atoms with Gasteiger partial charge >= 0.3 is 0 Å². The van der Waals surface area contributed by atoms with E-state index in [0.29, 0.717) is 19.0 Å². The van der Waals surface area contributed by atoms with Crippen LogP contribution in [0.25, 0.3) is 0 Å². The molecule has 0 aromatic heterocycles. The van der Waals surface area contributed by atoms with Crippen molar-refractivity contribution in [2.24, 2.45) is 23.0 Å². The Morgan fingerprint density at radius 3 is 2.39 bits per heavy atom. The summed E-state index contributed by atoms with van der Waals surface area (Å²) >= 11 is 0. The summed E-state index contributed by atoms with van der Waals surface area (Å²) in [4.78, 5) is 12.2. The third-order valence-electron chi connectivity index (χ3n) is 6.57. The summed E-state index contributed by atoms with van der Waals surface area (Å²) in [5, 5.41) is 0. The van der Waals surface area contributed by atoms with E-state index in [2.05, 4.69) is 39.8 Å². The van der Waals surface area contributed by atoms with Gasteiger partial charge in [0.1, 0.15) is 0 Å².